The molecule has 3 rings (SSSR count). The standard InChI is InChI=1S/C17H18N4O2S/c1-12(19-17(23)14-5-4-10-24-14)16(22)18-8-7-13-11-21-9-3-2-6-15(21)20-13/h2-6,9-12H,7-8H2,1H3,(H,18,22)(H,19,23). The van der Waals surface area contributed by atoms with Gasteiger partial charge in [-0.2, -0.15) is 0 Å². The number of fused-ring (bicyclic) bond motifs is 1. The lowest BCUT2D eigenvalue weighted by molar-refractivity contribution is -0.122. The zero-order valence-electron chi connectivity index (χ0n) is 13.2. The molecule has 0 spiro atoms. The van der Waals surface area contributed by atoms with E-state index in [0.717, 1.165) is 11.3 Å². The maximum absolute atomic E-state index is 12.1. The Balaban J connectivity index is 1.47. The Morgan fingerprint density at radius 1 is 1.29 bits per heavy atom. The third-order valence-electron chi connectivity index (χ3n) is 3.58. The van der Waals surface area contributed by atoms with E-state index in [9.17, 15) is 9.59 Å². The van der Waals surface area contributed by atoms with Gasteiger partial charge in [0.25, 0.3) is 5.91 Å². The second kappa shape index (κ2) is 7.27. The van der Waals surface area contributed by atoms with E-state index in [4.69, 9.17) is 0 Å². The fourth-order valence-electron chi connectivity index (χ4n) is 2.32. The Kier molecular flexibility index (Phi) is 4.90. The molecule has 0 aliphatic heterocycles. The molecule has 6 nitrogen and oxygen atoms in total. The summed E-state index contributed by atoms with van der Waals surface area (Å²) >= 11 is 1.35. The second-order valence-corrected chi connectivity index (χ2v) is 6.36. The molecule has 124 valence electrons. The van der Waals surface area contributed by atoms with E-state index in [-0.39, 0.29) is 11.8 Å². The van der Waals surface area contributed by atoms with Crippen LogP contribution in [0, 0.1) is 0 Å². The molecule has 0 aromatic carbocycles. The van der Waals surface area contributed by atoms with Crippen LogP contribution in [0.3, 0.4) is 0 Å². The SMILES string of the molecule is CC(NC(=O)c1cccs1)C(=O)NCCc1cn2ccccc2n1. The van der Waals surface area contributed by atoms with Crippen LogP contribution < -0.4 is 10.6 Å². The maximum atomic E-state index is 12.1. The van der Waals surface area contributed by atoms with Gasteiger partial charge in [0.1, 0.15) is 11.7 Å². The van der Waals surface area contributed by atoms with Gasteiger partial charge >= 0.3 is 0 Å². The average Bonchev–Trinajstić information content (AvgIpc) is 3.23. The molecule has 0 saturated carbocycles. The van der Waals surface area contributed by atoms with Gasteiger partial charge in [0.15, 0.2) is 0 Å². The van der Waals surface area contributed by atoms with Crippen molar-refractivity contribution in [3.05, 3.63) is 58.7 Å². The average molecular weight is 342 g/mol. The van der Waals surface area contributed by atoms with Crippen molar-refractivity contribution in [1.29, 1.82) is 0 Å². The summed E-state index contributed by atoms with van der Waals surface area (Å²) in [6, 6.07) is 8.77. The summed E-state index contributed by atoms with van der Waals surface area (Å²) < 4.78 is 1.95. The first kappa shape index (κ1) is 16.2. The van der Waals surface area contributed by atoms with Crippen LogP contribution in [0.2, 0.25) is 0 Å². The van der Waals surface area contributed by atoms with Crippen LogP contribution in [-0.2, 0) is 11.2 Å². The van der Waals surface area contributed by atoms with Crippen molar-refractivity contribution in [2.24, 2.45) is 0 Å². The number of aromatic nitrogens is 2. The third-order valence-corrected chi connectivity index (χ3v) is 4.45. The topological polar surface area (TPSA) is 75.5 Å². The van der Waals surface area contributed by atoms with Crippen LogP contribution in [0.25, 0.3) is 5.65 Å². The minimum Gasteiger partial charge on any atom is -0.354 e. The van der Waals surface area contributed by atoms with Crippen molar-refractivity contribution < 1.29 is 9.59 Å². The van der Waals surface area contributed by atoms with Gasteiger partial charge in [-0.25, -0.2) is 4.98 Å². The number of rotatable bonds is 6. The lowest BCUT2D eigenvalue weighted by Crippen LogP contribution is -2.45. The molecule has 0 saturated heterocycles. The lowest BCUT2D eigenvalue weighted by Gasteiger charge is -2.13. The summed E-state index contributed by atoms with van der Waals surface area (Å²) in [6.07, 6.45) is 4.52. The lowest BCUT2D eigenvalue weighted by atomic mass is 10.2. The molecule has 3 aromatic rings. The van der Waals surface area contributed by atoms with Crippen LogP contribution in [0.4, 0.5) is 0 Å². The molecule has 0 fully saturated rings. The summed E-state index contributed by atoms with van der Waals surface area (Å²) in [5.41, 5.74) is 1.80. The number of nitrogens with one attached hydrogen (secondary N) is 2. The summed E-state index contributed by atoms with van der Waals surface area (Å²) in [5.74, 6) is -0.434. The van der Waals surface area contributed by atoms with E-state index in [1.807, 2.05) is 40.4 Å². The van der Waals surface area contributed by atoms with Crippen molar-refractivity contribution in [2.45, 2.75) is 19.4 Å². The number of pyridine rings is 1. The first-order chi connectivity index (χ1) is 11.6. The van der Waals surface area contributed by atoms with E-state index in [1.165, 1.54) is 11.3 Å². The van der Waals surface area contributed by atoms with Gasteiger partial charge in [0, 0.05) is 25.4 Å². The molecule has 0 aliphatic carbocycles. The van der Waals surface area contributed by atoms with Crippen molar-refractivity contribution in [2.75, 3.05) is 6.54 Å². The highest BCUT2D eigenvalue weighted by atomic mass is 32.1. The summed E-state index contributed by atoms with van der Waals surface area (Å²) in [4.78, 5) is 29.1. The number of carbonyl (C=O) groups excluding carboxylic acids is 2. The van der Waals surface area contributed by atoms with Crippen molar-refractivity contribution in [3.63, 3.8) is 0 Å². The van der Waals surface area contributed by atoms with Gasteiger partial charge in [0.05, 0.1) is 10.6 Å². The van der Waals surface area contributed by atoms with Crippen LogP contribution >= 0.6 is 11.3 Å². The van der Waals surface area contributed by atoms with Gasteiger partial charge in [-0.1, -0.05) is 12.1 Å². The Bertz CT molecular complexity index is 808. The quantitative estimate of drug-likeness (QED) is 0.718. The van der Waals surface area contributed by atoms with Crippen molar-refractivity contribution >= 4 is 28.8 Å². The number of carbonyl (C=O) groups is 2. The molecule has 0 radical (unpaired) electrons. The molecular weight excluding hydrogens is 324 g/mol. The molecule has 1 atom stereocenters. The van der Waals surface area contributed by atoms with Gasteiger partial charge in [0.2, 0.25) is 5.91 Å². The molecule has 1 unspecified atom stereocenters. The Labute approximate surface area is 143 Å². The molecule has 2 N–H and O–H groups in total. The van der Waals surface area contributed by atoms with Crippen molar-refractivity contribution in [1.82, 2.24) is 20.0 Å². The second-order valence-electron chi connectivity index (χ2n) is 5.41. The highest BCUT2D eigenvalue weighted by Crippen LogP contribution is 2.08. The molecular formula is C17H18N4O2S. The fourth-order valence-corrected chi connectivity index (χ4v) is 2.94. The Morgan fingerprint density at radius 3 is 2.92 bits per heavy atom. The van der Waals surface area contributed by atoms with Gasteiger partial charge in [-0.05, 0) is 30.5 Å². The number of hydrogen-bond acceptors (Lipinski definition) is 4. The summed E-state index contributed by atoms with van der Waals surface area (Å²) in [5, 5.41) is 7.35. The van der Waals surface area contributed by atoms with E-state index < -0.39 is 6.04 Å². The number of nitrogens with zero attached hydrogens (tertiary/aromatic N) is 2. The highest BCUT2D eigenvalue weighted by Gasteiger charge is 2.16. The monoisotopic (exact) mass is 342 g/mol. The molecule has 7 heteroatoms. The van der Waals surface area contributed by atoms with Crippen LogP contribution in [-0.4, -0.2) is 33.8 Å². The molecule has 0 bridgehead atoms. The number of amides is 2. The molecule has 3 aromatic heterocycles. The predicted octanol–water partition coefficient (Wildman–Crippen LogP) is 1.87. The van der Waals surface area contributed by atoms with Crippen molar-refractivity contribution in [3.8, 4) is 0 Å². The maximum Gasteiger partial charge on any atom is 0.261 e. The smallest absolute Gasteiger partial charge is 0.261 e. The Morgan fingerprint density at radius 2 is 2.17 bits per heavy atom. The normalized spacial score (nSPS) is 12.0. The van der Waals surface area contributed by atoms with Gasteiger partial charge < -0.3 is 15.0 Å². The molecule has 2 amide bonds. The Hall–Kier alpha value is -2.67. The minimum absolute atomic E-state index is 0.205. The first-order valence-corrected chi connectivity index (χ1v) is 8.56. The zero-order valence-corrected chi connectivity index (χ0v) is 14.0. The highest BCUT2D eigenvalue weighted by molar-refractivity contribution is 7.12. The number of thiophene rings is 1. The van der Waals surface area contributed by atoms with E-state index in [2.05, 4.69) is 15.6 Å². The van der Waals surface area contributed by atoms with Crippen LogP contribution in [0.1, 0.15) is 22.3 Å². The number of hydrogen-bond donors (Lipinski definition) is 2. The largest absolute Gasteiger partial charge is 0.354 e. The molecule has 24 heavy (non-hydrogen) atoms. The van der Waals surface area contributed by atoms with Crippen LogP contribution in [0.15, 0.2) is 48.1 Å². The van der Waals surface area contributed by atoms with Gasteiger partial charge in [-0.3, -0.25) is 9.59 Å². The molecule has 3 heterocycles. The van der Waals surface area contributed by atoms with Gasteiger partial charge in [-0.15, -0.1) is 11.3 Å². The first-order valence-electron chi connectivity index (χ1n) is 7.68. The third kappa shape index (κ3) is 3.80. The molecule has 0 aliphatic rings. The summed E-state index contributed by atoms with van der Waals surface area (Å²) in [6.45, 7) is 2.15. The minimum atomic E-state index is -0.583. The van der Waals surface area contributed by atoms with E-state index in [0.29, 0.717) is 17.8 Å². The fraction of sp³-hybridized carbons (Fsp3) is 0.235. The van der Waals surface area contributed by atoms with Crippen LogP contribution in [0.5, 0.6) is 0 Å². The van der Waals surface area contributed by atoms with E-state index in [1.54, 1.807) is 19.1 Å². The number of imidazole rings is 1. The predicted molar refractivity (Wildman–Crippen MR) is 93.2 cm³/mol. The van der Waals surface area contributed by atoms with E-state index >= 15 is 0 Å². The zero-order chi connectivity index (χ0) is 16.9. The summed E-state index contributed by atoms with van der Waals surface area (Å²) in [7, 11) is 0.